The summed E-state index contributed by atoms with van der Waals surface area (Å²) in [5.74, 6) is 1.55. The van der Waals surface area contributed by atoms with Crippen LogP contribution in [0.25, 0.3) is 0 Å². The molecule has 1 aromatic carbocycles. The van der Waals surface area contributed by atoms with Gasteiger partial charge >= 0.3 is 0 Å². The van der Waals surface area contributed by atoms with Gasteiger partial charge in [-0.25, -0.2) is 0 Å². The van der Waals surface area contributed by atoms with E-state index in [1.807, 2.05) is 18.2 Å². The summed E-state index contributed by atoms with van der Waals surface area (Å²) in [6.07, 6.45) is 5.19. The molecular weight excluding hydrogens is 298 g/mol. The van der Waals surface area contributed by atoms with Gasteiger partial charge in [0, 0.05) is 18.3 Å². The molecule has 3 rings (SSSR count). The summed E-state index contributed by atoms with van der Waals surface area (Å²) in [6.45, 7) is 4.84. The maximum atomic E-state index is 5.35. The van der Waals surface area contributed by atoms with Crippen molar-refractivity contribution >= 4 is 23.0 Å². The molecule has 2 aliphatic rings. The van der Waals surface area contributed by atoms with E-state index in [0.29, 0.717) is 5.11 Å². The van der Waals surface area contributed by atoms with Crippen molar-refractivity contribution in [2.75, 3.05) is 38.3 Å². The second-order valence-electron chi connectivity index (χ2n) is 5.70. The lowest BCUT2D eigenvalue weighted by atomic mass is 10.1. The van der Waals surface area contributed by atoms with Gasteiger partial charge in [-0.3, -0.25) is 0 Å². The lowest BCUT2D eigenvalue weighted by Gasteiger charge is -2.26. The minimum absolute atomic E-state index is 0.290. The summed E-state index contributed by atoms with van der Waals surface area (Å²) < 4.78 is 10.6. The van der Waals surface area contributed by atoms with Gasteiger partial charge in [-0.15, -0.1) is 0 Å². The molecule has 0 aromatic heterocycles. The molecule has 1 fully saturated rings. The highest BCUT2D eigenvalue weighted by Gasteiger charge is 2.13. The molecule has 0 amide bonds. The minimum atomic E-state index is 0.290. The predicted octanol–water partition coefficient (Wildman–Crippen LogP) is 2.58. The summed E-state index contributed by atoms with van der Waals surface area (Å²) >= 11 is 5.33. The van der Waals surface area contributed by atoms with E-state index >= 15 is 0 Å². The average molecular weight is 321 g/mol. The number of nitrogens with one attached hydrogen (secondary N) is 2. The number of piperidine rings is 1. The summed E-state index contributed by atoms with van der Waals surface area (Å²) in [6, 6.07) is 5.74. The van der Waals surface area contributed by atoms with Gasteiger partial charge in [0.05, 0.1) is 0 Å². The van der Waals surface area contributed by atoms with Crippen molar-refractivity contribution in [3.05, 3.63) is 18.2 Å². The highest BCUT2D eigenvalue weighted by atomic mass is 32.1. The number of hydrogen-bond donors (Lipinski definition) is 2. The fourth-order valence-electron chi connectivity index (χ4n) is 2.84. The lowest BCUT2D eigenvalue weighted by Crippen LogP contribution is -2.34. The number of benzene rings is 1. The number of anilines is 1. The normalized spacial score (nSPS) is 17.3. The largest absolute Gasteiger partial charge is 0.454 e. The van der Waals surface area contributed by atoms with Crippen molar-refractivity contribution < 1.29 is 9.47 Å². The Balaban J connectivity index is 1.35. The molecule has 0 spiro atoms. The second-order valence-corrected chi connectivity index (χ2v) is 6.11. The number of thiocarbonyl (C=S) groups is 1. The van der Waals surface area contributed by atoms with Gasteiger partial charge in [-0.2, -0.15) is 0 Å². The van der Waals surface area contributed by atoms with Crippen molar-refractivity contribution in [2.45, 2.75) is 25.7 Å². The third kappa shape index (κ3) is 4.24. The fraction of sp³-hybridized carbons (Fsp3) is 0.562. The van der Waals surface area contributed by atoms with E-state index < -0.39 is 0 Å². The molecule has 22 heavy (non-hydrogen) atoms. The molecule has 2 aliphatic heterocycles. The number of rotatable bonds is 5. The maximum Gasteiger partial charge on any atom is 0.231 e. The maximum absolute atomic E-state index is 5.35. The van der Waals surface area contributed by atoms with Gasteiger partial charge in [0.15, 0.2) is 16.6 Å². The predicted molar refractivity (Wildman–Crippen MR) is 91.7 cm³/mol. The van der Waals surface area contributed by atoms with Gasteiger partial charge in [0.2, 0.25) is 6.79 Å². The van der Waals surface area contributed by atoms with Crippen LogP contribution < -0.4 is 20.1 Å². The molecule has 1 saturated heterocycles. The van der Waals surface area contributed by atoms with Crippen LogP contribution in [0.3, 0.4) is 0 Å². The molecule has 1 aromatic rings. The molecule has 0 saturated carbocycles. The number of fused-ring (bicyclic) bond motifs is 1. The minimum Gasteiger partial charge on any atom is -0.454 e. The van der Waals surface area contributed by atoms with Crippen molar-refractivity contribution in [2.24, 2.45) is 0 Å². The van der Waals surface area contributed by atoms with Gasteiger partial charge in [-0.1, -0.05) is 6.42 Å². The van der Waals surface area contributed by atoms with Crippen molar-refractivity contribution in [3.63, 3.8) is 0 Å². The van der Waals surface area contributed by atoms with Crippen molar-refractivity contribution in [3.8, 4) is 11.5 Å². The van der Waals surface area contributed by atoms with Crippen LogP contribution in [-0.4, -0.2) is 43.0 Å². The molecule has 6 heteroatoms. The zero-order valence-corrected chi connectivity index (χ0v) is 13.6. The topological polar surface area (TPSA) is 45.8 Å². The third-order valence-corrected chi connectivity index (χ3v) is 4.26. The van der Waals surface area contributed by atoms with Gasteiger partial charge in [0.25, 0.3) is 0 Å². The van der Waals surface area contributed by atoms with Crippen LogP contribution in [0.5, 0.6) is 11.5 Å². The highest BCUT2D eigenvalue weighted by Crippen LogP contribution is 2.34. The van der Waals surface area contributed by atoms with E-state index in [0.717, 1.165) is 36.7 Å². The fourth-order valence-corrected chi connectivity index (χ4v) is 3.06. The van der Waals surface area contributed by atoms with E-state index in [1.165, 1.54) is 32.4 Å². The molecule has 0 bridgehead atoms. The van der Waals surface area contributed by atoms with Crippen LogP contribution in [0.1, 0.15) is 25.7 Å². The Kier molecular flexibility index (Phi) is 5.34. The smallest absolute Gasteiger partial charge is 0.231 e. The molecule has 0 aliphatic carbocycles. The first-order chi connectivity index (χ1) is 10.8. The summed E-state index contributed by atoms with van der Waals surface area (Å²) in [5, 5.41) is 7.09. The number of hydrogen-bond acceptors (Lipinski definition) is 4. The number of ether oxygens (including phenoxy) is 2. The highest BCUT2D eigenvalue weighted by molar-refractivity contribution is 7.80. The molecule has 120 valence electrons. The first-order valence-electron chi connectivity index (χ1n) is 7.98. The molecule has 0 atom stereocenters. The first kappa shape index (κ1) is 15.4. The zero-order valence-electron chi connectivity index (χ0n) is 12.8. The Morgan fingerprint density at radius 1 is 1.14 bits per heavy atom. The van der Waals surface area contributed by atoms with Crippen LogP contribution >= 0.6 is 12.2 Å². The van der Waals surface area contributed by atoms with Gasteiger partial charge in [-0.05, 0) is 63.2 Å². The summed E-state index contributed by atoms with van der Waals surface area (Å²) in [7, 11) is 0. The molecule has 5 nitrogen and oxygen atoms in total. The van der Waals surface area contributed by atoms with E-state index in [2.05, 4.69) is 15.5 Å². The van der Waals surface area contributed by atoms with Crippen LogP contribution in [0, 0.1) is 0 Å². The van der Waals surface area contributed by atoms with Gasteiger partial charge in [0.1, 0.15) is 0 Å². The Morgan fingerprint density at radius 2 is 1.95 bits per heavy atom. The zero-order chi connectivity index (χ0) is 15.2. The SMILES string of the molecule is S=C(NCCCN1CCCCC1)Nc1ccc2c(c1)OCO2. The van der Waals surface area contributed by atoms with Crippen molar-refractivity contribution in [1.29, 1.82) is 0 Å². The third-order valence-electron chi connectivity index (χ3n) is 4.02. The van der Waals surface area contributed by atoms with E-state index in [1.54, 1.807) is 0 Å². The van der Waals surface area contributed by atoms with E-state index in [-0.39, 0.29) is 6.79 Å². The van der Waals surface area contributed by atoms with Crippen LogP contribution in [0.2, 0.25) is 0 Å². The molecule has 0 radical (unpaired) electrons. The molecule has 0 unspecified atom stereocenters. The Labute approximate surface area is 137 Å². The summed E-state index contributed by atoms with van der Waals surface area (Å²) in [5.41, 5.74) is 0.915. The van der Waals surface area contributed by atoms with Crippen molar-refractivity contribution in [1.82, 2.24) is 10.2 Å². The molecule has 2 N–H and O–H groups in total. The number of nitrogens with zero attached hydrogens (tertiary/aromatic N) is 1. The van der Waals surface area contributed by atoms with Crippen LogP contribution in [0.4, 0.5) is 5.69 Å². The molecule has 2 heterocycles. The Morgan fingerprint density at radius 3 is 2.82 bits per heavy atom. The van der Waals surface area contributed by atoms with E-state index in [9.17, 15) is 0 Å². The number of likely N-dealkylation sites (tertiary alicyclic amines) is 1. The van der Waals surface area contributed by atoms with E-state index in [4.69, 9.17) is 21.7 Å². The standard InChI is InChI=1S/C16H23N3O2S/c22-16(17-7-4-10-19-8-2-1-3-9-19)18-13-5-6-14-15(11-13)21-12-20-14/h5-6,11H,1-4,7-10,12H2,(H2,17,18,22). The lowest BCUT2D eigenvalue weighted by molar-refractivity contribution is 0.174. The first-order valence-corrected chi connectivity index (χ1v) is 8.39. The average Bonchev–Trinajstić information content (AvgIpc) is 3.00. The summed E-state index contributed by atoms with van der Waals surface area (Å²) in [4.78, 5) is 2.54. The Bertz CT molecular complexity index is 518. The monoisotopic (exact) mass is 321 g/mol. The van der Waals surface area contributed by atoms with Gasteiger partial charge < -0.3 is 25.0 Å². The molecular formula is C16H23N3O2S. The quantitative estimate of drug-likeness (QED) is 0.642. The van der Waals surface area contributed by atoms with Crippen LogP contribution in [0.15, 0.2) is 18.2 Å². The second kappa shape index (κ2) is 7.65. The Hall–Kier alpha value is -1.53. The van der Waals surface area contributed by atoms with Crippen LogP contribution in [-0.2, 0) is 0 Å².